The van der Waals surface area contributed by atoms with Gasteiger partial charge in [0.15, 0.2) is 0 Å². The Morgan fingerprint density at radius 2 is 1.61 bits per heavy atom. The lowest BCUT2D eigenvalue weighted by Gasteiger charge is -2.26. The molecule has 0 aliphatic rings. The Balaban J connectivity index is 4.23. The van der Waals surface area contributed by atoms with E-state index in [2.05, 4.69) is 6.58 Å². The van der Waals surface area contributed by atoms with Gasteiger partial charge in [-0.1, -0.05) is 6.58 Å². The number of rotatable bonds is 7. The van der Waals surface area contributed by atoms with E-state index in [1.54, 1.807) is 0 Å². The topological polar surface area (TPSA) is 111 Å². The van der Waals surface area contributed by atoms with Crippen LogP contribution in [0.1, 0.15) is 6.92 Å². The fourth-order valence-corrected chi connectivity index (χ4v) is 0.964. The van der Waals surface area contributed by atoms with Crippen LogP contribution in [0.2, 0.25) is 0 Å². The first-order valence-electron chi connectivity index (χ1n) is 5.17. The quantitative estimate of drug-likeness (QED) is 0.298. The maximum atomic E-state index is 11.6. The summed E-state index contributed by atoms with van der Waals surface area (Å²) in [6.45, 7) is 2.69. The van der Waals surface area contributed by atoms with E-state index in [0.29, 0.717) is 4.90 Å². The van der Waals surface area contributed by atoms with Gasteiger partial charge in [0, 0.05) is 5.57 Å². The summed E-state index contributed by atoms with van der Waals surface area (Å²) >= 11 is 0. The van der Waals surface area contributed by atoms with Crippen molar-refractivity contribution in [3.63, 3.8) is 0 Å². The first-order chi connectivity index (χ1) is 8.47. The number of nitrogens with zero attached hydrogens (tertiary/aromatic N) is 2. The van der Waals surface area contributed by atoms with E-state index in [0.717, 1.165) is 4.90 Å². The van der Waals surface area contributed by atoms with Crippen molar-refractivity contribution in [1.82, 2.24) is 9.80 Å². The Morgan fingerprint density at radius 3 is 2.00 bits per heavy atom. The average Bonchev–Trinajstić information content (AvgIpc) is 2.35. The van der Waals surface area contributed by atoms with Crippen LogP contribution in [0.5, 0.6) is 0 Å². The van der Waals surface area contributed by atoms with Gasteiger partial charge in [-0.3, -0.25) is 9.80 Å². The Labute approximate surface area is 105 Å². The molecular formula is C10H18N2O6. The molecule has 2 amide bonds. The maximum Gasteiger partial charge on any atom is 0.333 e. The van der Waals surface area contributed by atoms with Crippen LogP contribution in [-0.4, -0.2) is 70.5 Å². The van der Waals surface area contributed by atoms with Gasteiger partial charge < -0.3 is 20.1 Å². The molecule has 8 heteroatoms. The zero-order valence-corrected chi connectivity index (χ0v) is 10.2. The van der Waals surface area contributed by atoms with E-state index in [4.69, 9.17) is 20.1 Å². The fourth-order valence-electron chi connectivity index (χ4n) is 0.964. The predicted octanol–water partition coefficient (Wildman–Crippen LogP) is -1.32. The van der Waals surface area contributed by atoms with Crippen LogP contribution in [0.3, 0.4) is 0 Å². The summed E-state index contributed by atoms with van der Waals surface area (Å²) in [5.41, 5.74) is 0.226. The third-order valence-corrected chi connectivity index (χ3v) is 2.00. The summed E-state index contributed by atoms with van der Waals surface area (Å²) in [4.78, 5) is 24.2. The molecule has 0 radical (unpaired) electrons. The number of carbonyl (C=O) groups is 2. The van der Waals surface area contributed by atoms with Gasteiger partial charge in [0.25, 0.3) is 0 Å². The van der Waals surface area contributed by atoms with Gasteiger partial charge in [-0.25, -0.2) is 9.59 Å². The first kappa shape index (κ1) is 16.4. The maximum absolute atomic E-state index is 11.6. The molecule has 0 spiro atoms. The van der Waals surface area contributed by atoms with Crippen molar-refractivity contribution in [1.29, 1.82) is 0 Å². The number of carbonyl (C=O) groups excluding carboxylic acids is 2. The van der Waals surface area contributed by atoms with Crippen LogP contribution in [0.4, 0.5) is 4.79 Å². The minimum absolute atomic E-state index is 0.0646. The average molecular weight is 262 g/mol. The lowest BCUT2D eigenvalue weighted by molar-refractivity contribution is -0.139. The SMILES string of the molecule is C=C(C)C(=O)OCCN(CO)C(=O)N(CO)CO. The van der Waals surface area contributed by atoms with E-state index in [1.807, 2.05) is 0 Å². The predicted molar refractivity (Wildman–Crippen MR) is 61.0 cm³/mol. The Morgan fingerprint density at radius 1 is 1.11 bits per heavy atom. The van der Waals surface area contributed by atoms with Crippen molar-refractivity contribution in [2.75, 3.05) is 33.3 Å². The van der Waals surface area contributed by atoms with E-state index in [1.165, 1.54) is 6.92 Å². The van der Waals surface area contributed by atoms with Gasteiger partial charge in [-0.15, -0.1) is 0 Å². The molecule has 0 aliphatic carbocycles. The van der Waals surface area contributed by atoms with Crippen LogP contribution >= 0.6 is 0 Å². The van der Waals surface area contributed by atoms with Crippen LogP contribution in [0.15, 0.2) is 12.2 Å². The summed E-state index contributed by atoms with van der Waals surface area (Å²) in [5, 5.41) is 26.5. The molecule has 8 nitrogen and oxygen atoms in total. The zero-order valence-electron chi connectivity index (χ0n) is 10.2. The van der Waals surface area contributed by atoms with Gasteiger partial charge in [-0.05, 0) is 6.92 Å². The molecule has 0 aromatic carbocycles. The van der Waals surface area contributed by atoms with E-state index >= 15 is 0 Å². The normalized spacial score (nSPS) is 9.78. The van der Waals surface area contributed by atoms with Crippen LogP contribution in [-0.2, 0) is 9.53 Å². The highest BCUT2D eigenvalue weighted by Crippen LogP contribution is 1.98. The van der Waals surface area contributed by atoms with Crippen molar-refractivity contribution in [3.8, 4) is 0 Å². The number of urea groups is 1. The summed E-state index contributed by atoms with van der Waals surface area (Å²) in [5.74, 6) is -0.596. The molecule has 0 aromatic rings. The minimum atomic E-state index is -0.770. The molecule has 0 fully saturated rings. The first-order valence-corrected chi connectivity index (χ1v) is 5.17. The molecular weight excluding hydrogens is 244 g/mol. The number of hydrogen-bond acceptors (Lipinski definition) is 6. The van der Waals surface area contributed by atoms with E-state index in [-0.39, 0.29) is 18.7 Å². The highest BCUT2D eigenvalue weighted by Gasteiger charge is 2.19. The third kappa shape index (κ3) is 5.13. The molecule has 0 heterocycles. The lowest BCUT2D eigenvalue weighted by atomic mass is 10.4. The molecule has 0 atom stereocenters. The number of amides is 2. The second-order valence-corrected chi connectivity index (χ2v) is 3.43. The summed E-state index contributed by atoms with van der Waals surface area (Å²) < 4.78 is 4.75. The smallest absolute Gasteiger partial charge is 0.333 e. The molecule has 0 aromatic heterocycles. The number of hydrogen-bond donors (Lipinski definition) is 3. The van der Waals surface area contributed by atoms with Crippen LogP contribution in [0, 0.1) is 0 Å². The minimum Gasteiger partial charge on any atom is -0.460 e. The Hall–Kier alpha value is -1.64. The molecule has 0 unspecified atom stereocenters. The second kappa shape index (κ2) is 8.45. The summed E-state index contributed by atoms with van der Waals surface area (Å²) in [6.07, 6.45) is 0. The molecule has 3 N–H and O–H groups in total. The molecule has 0 saturated heterocycles. The highest BCUT2D eigenvalue weighted by molar-refractivity contribution is 5.86. The molecule has 0 rings (SSSR count). The van der Waals surface area contributed by atoms with Gasteiger partial charge in [0.2, 0.25) is 0 Å². The van der Waals surface area contributed by atoms with Crippen molar-refractivity contribution >= 4 is 12.0 Å². The van der Waals surface area contributed by atoms with Gasteiger partial charge in [0.05, 0.1) is 6.54 Å². The van der Waals surface area contributed by atoms with Crippen molar-refractivity contribution < 1.29 is 29.6 Å². The monoisotopic (exact) mass is 262 g/mol. The Kier molecular flexibility index (Phi) is 7.68. The lowest BCUT2D eigenvalue weighted by Crippen LogP contribution is -2.45. The van der Waals surface area contributed by atoms with E-state index in [9.17, 15) is 9.59 Å². The number of aliphatic hydroxyl groups is 3. The molecule has 104 valence electrons. The van der Waals surface area contributed by atoms with Gasteiger partial charge in [0.1, 0.15) is 26.8 Å². The molecule has 18 heavy (non-hydrogen) atoms. The highest BCUT2D eigenvalue weighted by atomic mass is 16.5. The van der Waals surface area contributed by atoms with Crippen molar-refractivity contribution in [2.45, 2.75) is 6.92 Å². The number of aliphatic hydroxyl groups excluding tert-OH is 3. The molecule has 0 saturated carbocycles. The van der Waals surface area contributed by atoms with Crippen LogP contribution < -0.4 is 0 Å². The number of ether oxygens (including phenoxy) is 1. The second-order valence-electron chi connectivity index (χ2n) is 3.43. The van der Waals surface area contributed by atoms with Gasteiger partial charge in [-0.2, -0.15) is 0 Å². The molecule has 0 aliphatic heterocycles. The van der Waals surface area contributed by atoms with Crippen molar-refractivity contribution in [2.24, 2.45) is 0 Å². The standard InChI is InChI=1S/C10H18N2O6/c1-8(2)9(16)18-4-3-11(5-13)10(17)12(6-14)7-15/h13-15H,1,3-7H2,2H3. The Bertz CT molecular complexity index is 303. The van der Waals surface area contributed by atoms with Crippen molar-refractivity contribution in [3.05, 3.63) is 12.2 Å². The van der Waals surface area contributed by atoms with Crippen LogP contribution in [0.25, 0.3) is 0 Å². The molecule has 0 bridgehead atoms. The zero-order chi connectivity index (χ0) is 14.1. The van der Waals surface area contributed by atoms with Gasteiger partial charge >= 0.3 is 12.0 Å². The largest absolute Gasteiger partial charge is 0.460 e. The van der Waals surface area contributed by atoms with E-state index < -0.39 is 32.2 Å². The summed E-state index contributed by atoms with van der Waals surface area (Å²) in [6, 6.07) is -0.770. The number of esters is 1. The third-order valence-electron chi connectivity index (χ3n) is 2.00. The summed E-state index contributed by atoms with van der Waals surface area (Å²) in [7, 11) is 0. The fraction of sp³-hybridized carbons (Fsp3) is 0.600.